The summed E-state index contributed by atoms with van der Waals surface area (Å²) in [6.45, 7) is 0.926. The number of anilines is 1. The van der Waals surface area contributed by atoms with Crippen molar-refractivity contribution >= 4 is 5.95 Å². The maximum absolute atomic E-state index is 14.5. The Hall–Kier alpha value is -2.02. The first-order chi connectivity index (χ1) is 12.6. The zero-order chi connectivity index (χ0) is 17.7. The molecule has 2 saturated carbocycles. The molecule has 0 atom stereocenters. The Balaban J connectivity index is 1.42. The van der Waals surface area contributed by atoms with E-state index < -0.39 is 0 Å². The second kappa shape index (κ2) is 6.01. The standard InChI is InChI=1S/C19H25FN6/c20-15-11-22-18(24-13-3-1-12(21)2-4-13)25-17(15)14-10-23-26-8-7-19(5-6-19)9-16(14)26/h10-13H,1-9,21H2,(H,22,24,25). The van der Waals surface area contributed by atoms with Crippen molar-refractivity contribution in [2.75, 3.05) is 5.32 Å². The molecule has 0 unspecified atom stereocenters. The van der Waals surface area contributed by atoms with Crippen LogP contribution in [0.5, 0.6) is 0 Å². The number of hydrogen-bond acceptors (Lipinski definition) is 5. The summed E-state index contributed by atoms with van der Waals surface area (Å²) < 4.78 is 16.6. The fourth-order valence-corrected chi connectivity index (χ4v) is 4.45. The fraction of sp³-hybridized carbons (Fsp3) is 0.632. The van der Waals surface area contributed by atoms with Crippen molar-refractivity contribution in [3.8, 4) is 11.3 Å². The highest BCUT2D eigenvalue weighted by molar-refractivity contribution is 5.63. The topological polar surface area (TPSA) is 81.6 Å². The number of fused-ring (bicyclic) bond motifs is 1. The first-order valence-corrected chi connectivity index (χ1v) is 9.72. The average molecular weight is 356 g/mol. The molecule has 0 amide bonds. The van der Waals surface area contributed by atoms with E-state index in [0.717, 1.165) is 49.9 Å². The van der Waals surface area contributed by atoms with Crippen LogP contribution in [0, 0.1) is 11.2 Å². The molecule has 1 spiro atoms. The zero-order valence-corrected chi connectivity index (χ0v) is 14.9. The van der Waals surface area contributed by atoms with E-state index in [1.807, 2.05) is 4.68 Å². The highest BCUT2D eigenvalue weighted by atomic mass is 19.1. The predicted octanol–water partition coefficient (Wildman–Crippen LogP) is 2.89. The van der Waals surface area contributed by atoms with E-state index in [1.54, 1.807) is 6.20 Å². The molecule has 3 N–H and O–H groups in total. The quantitative estimate of drug-likeness (QED) is 0.884. The van der Waals surface area contributed by atoms with Gasteiger partial charge in [-0.25, -0.2) is 14.4 Å². The van der Waals surface area contributed by atoms with Crippen LogP contribution in [0.2, 0.25) is 0 Å². The number of aromatic nitrogens is 4. The molecule has 0 saturated heterocycles. The monoisotopic (exact) mass is 356 g/mol. The number of rotatable bonds is 3. The molecule has 138 valence electrons. The number of nitrogens with two attached hydrogens (primary N) is 1. The molecular weight excluding hydrogens is 331 g/mol. The van der Waals surface area contributed by atoms with Gasteiger partial charge in [-0.1, -0.05) is 0 Å². The predicted molar refractivity (Wildman–Crippen MR) is 97.1 cm³/mol. The van der Waals surface area contributed by atoms with E-state index >= 15 is 0 Å². The third-order valence-corrected chi connectivity index (χ3v) is 6.41. The Bertz CT molecular complexity index is 819. The van der Waals surface area contributed by atoms with Crippen molar-refractivity contribution in [2.45, 2.75) is 70.0 Å². The summed E-state index contributed by atoms with van der Waals surface area (Å²) >= 11 is 0. The van der Waals surface area contributed by atoms with Crippen LogP contribution in [0.15, 0.2) is 12.4 Å². The van der Waals surface area contributed by atoms with E-state index in [0.29, 0.717) is 29.1 Å². The Labute approximate surface area is 152 Å². The molecule has 2 aliphatic carbocycles. The van der Waals surface area contributed by atoms with Crippen LogP contribution >= 0.6 is 0 Å². The van der Waals surface area contributed by atoms with Gasteiger partial charge in [-0.2, -0.15) is 5.10 Å². The number of aryl methyl sites for hydroxylation is 1. The highest BCUT2D eigenvalue weighted by Gasteiger charge is 2.46. The summed E-state index contributed by atoms with van der Waals surface area (Å²) in [5.74, 6) is 0.117. The molecule has 2 fully saturated rings. The van der Waals surface area contributed by atoms with Gasteiger partial charge in [-0.15, -0.1) is 0 Å². The van der Waals surface area contributed by atoms with Crippen molar-refractivity contribution < 1.29 is 4.39 Å². The van der Waals surface area contributed by atoms with Gasteiger partial charge < -0.3 is 11.1 Å². The maximum Gasteiger partial charge on any atom is 0.223 e. The van der Waals surface area contributed by atoms with Gasteiger partial charge >= 0.3 is 0 Å². The van der Waals surface area contributed by atoms with Crippen LogP contribution < -0.4 is 11.1 Å². The first kappa shape index (κ1) is 16.2. The lowest BCUT2D eigenvalue weighted by molar-refractivity contribution is 0.349. The minimum Gasteiger partial charge on any atom is -0.351 e. The number of hydrogen-bond donors (Lipinski definition) is 2. The lowest BCUT2D eigenvalue weighted by Crippen LogP contribution is -2.33. The molecule has 0 bridgehead atoms. The van der Waals surface area contributed by atoms with Gasteiger partial charge in [-0.3, -0.25) is 4.68 Å². The first-order valence-electron chi connectivity index (χ1n) is 9.72. The molecular formula is C19H25FN6. The average Bonchev–Trinajstić information content (AvgIpc) is 3.26. The number of nitrogens with zero attached hydrogens (tertiary/aromatic N) is 4. The van der Waals surface area contributed by atoms with Crippen LogP contribution in [0.1, 0.15) is 50.6 Å². The van der Waals surface area contributed by atoms with Crippen LogP contribution in [-0.4, -0.2) is 31.8 Å². The SMILES string of the molecule is NC1CCC(Nc2ncc(F)c(-c3cnn4c3CC3(CC4)CC3)n2)CC1. The summed E-state index contributed by atoms with van der Waals surface area (Å²) in [5, 5.41) is 7.84. The Morgan fingerprint density at radius 1 is 1.15 bits per heavy atom. The van der Waals surface area contributed by atoms with Crippen molar-refractivity contribution in [2.24, 2.45) is 11.1 Å². The van der Waals surface area contributed by atoms with Crippen molar-refractivity contribution in [1.82, 2.24) is 19.7 Å². The molecule has 3 aliphatic rings. The summed E-state index contributed by atoms with van der Waals surface area (Å²) in [5.41, 5.74) is 8.73. The van der Waals surface area contributed by atoms with Gasteiger partial charge in [0.05, 0.1) is 12.4 Å². The van der Waals surface area contributed by atoms with Gasteiger partial charge in [0.25, 0.3) is 0 Å². The Morgan fingerprint density at radius 2 is 1.96 bits per heavy atom. The van der Waals surface area contributed by atoms with E-state index in [2.05, 4.69) is 20.4 Å². The van der Waals surface area contributed by atoms with E-state index in [9.17, 15) is 4.39 Å². The van der Waals surface area contributed by atoms with Gasteiger partial charge in [0.15, 0.2) is 5.82 Å². The van der Waals surface area contributed by atoms with Gasteiger partial charge in [0, 0.05) is 29.9 Å². The molecule has 26 heavy (non-hydrogen) atoms. The summed E-state index contributed by atoms with van der Waals surface area (Å²) in [6.07, 6.45) is 11.8. The molecule has 0 radical (unpaired) electrons. The molecule has 0 aromatic carbocycles. The molecule has 7 heteroatoms. The lowest BCUT2D eigenvalue weighted by atomic mass is 9.91. The molecule has 5 rings (SSSR count). The molecule has 1 aliphatic heterocycles. The molecule has 3 heterocycles. The molecule has 2 aromatic heterocycles. The highest BCUT2D eigenvalue weighted by Crippen LogP contribution is 2.54. The van der Waals surface area contributed by atoms with Crippen LogP contribution in [-0.2, 0) is 13.0 Å². The largest absolute Gasteiger partial charge is 0.351 e. The fourth-order valence-electron chi connectivity index (χ4n) is 4.45. The van der Waals surface area contributed by atoms with E-state index in [4.69, 9.17) is 5.73 Å². The summed E-state index contributed by atoms with van der Waals surface area (Å²) in [4.78, 5) is 8.68. The molecule has 2 aromatic rings. The number of nitrogens with one attached hydrogen (secondary N) is 1. The van der Waals surface area contributed by atoms with Gasteiger partial charge in [-0.05, 0) is 56.8 Å². The second-order valence-electron chi connectivity index (χ2n) is 8.30. The van der Waals surface area contributed by atoms with Gasteiger partial charge in [0.2, 0.25) is 5.95 Å². The lowest BCUT2D eigenvalue weighted by Gasteiger charge is -2.27. The third kappa shape index (κ3) is 2.88. The Kier molecular flexibility index (Phi) is 3.74. The van der Waals surface area contributed by atoms with Crippen LogP contribution in [0.3, 0.4) is 0 Å². The van der Waals surface area contributed by atoms with Gasteiger partial charge in [0.1, 0.15) is 5.69 Å². The van der Waals surface area contributed by atoms with Crippen molar-refractivity contribution in [3.05, 3.63) is 23.9 Å². The third-order valence-electron chi connectivity index (χ3n) is 6.41. The maximum atomic E-state index is 14.5. The summed E-state index contributed by atoms with van der Waals surface area (Å²) in [6, 6.07) is 0.607. The van der Waals surface area contributed by atoms with E-state index in [-0.39, 0.29) is 5.82 Å². The zero-order valence-electron chi connectivity index (χ0n) is 14.9. The smallest absolute Gasteiger partial charge is 0.223 e. The summed E-state index contributed by atoms with van der Waals surface area (Å²) in [7, 11) is 0. The van der Waals surface area contributed by atoms with Crippen molar-refractivity contribution in [1.29, 1.82) is 0 Å². The van der Waals surface area contributed by atoms with E-state index in [1.165, 1.54) is 25.5 Å². The Morgan fingerprint density at radius 3 is 2.73 bits per heavy atom. The molecule has 6 nitrogen and oxygen atoms in total. The van der Waals surface area contributed by atoms with Crippen LogP contribution in [0.4, 0.5) is 10.3 Å². The normalized spacial score (nSPS) is 26.5. The minimum absolute atomic E-state index is 0.298. The van der Waals surface area contributed by atoms with Crippen molar-refractivity contribution in [3.63, 3.8) is 0 Å². The number of halogens is 1. The van der Waals surface area contributed by atoms with Crippen LogP contribution in [0.25, 0.3) is 11.3 Å². The minimum atomic E-state index is -0.382. The second-order valence-corrected chi connectivity index (χ2v) is 8.30.